The fraction of sp³-hybridized carbons (Fsp3) is 0.940. The van der Waals surface area contributed by atoms with Crippen molar-refractivity contribution in [2.75, 3.05) is 13.1 Å². The molecular formula is C84H144N4O17. The molecule has 2 amide bonds. The number of aliphatic hydroxyl groups excluding tert-OH is 9. The van der Waals surface area contributed by atoms with E-state index in [0.29, 0.717) is 101 Å². The minimum atomic E-state index is -1.07. The van der Waals surface area contributed by atoms with Crippen LogP contribution in [0.5, 0.6) is 0 Å². The first-order valence-corrected chi connectivity index (χ1v) is 42.2. The second-order valence-electron chi connectivity index (χ2n) is 39.1. The van der Waals surface area contributed by atoms with Gasteiger partial charge in [0, 0.05) is 25.8 Å². The van der Waals surface area contributed by atoms with Crippen LogP contribution in [0.4, 0.5) is 0 Å². The summed E-state index contributed by atoms with van der Waals surface area (Å²) < 4.78 is 0. The molecule has 0 aromatic heterocycles. The molecule has 21 nitrogen and oxygen atoms in total. The third-order valence-electron chi connectivity index (χ3n) is 34.2. The molecule has 12 saturated carbocycles. The number of nitrogens with one attached hydrogen (secondary N) is 2. The Labute approximate surface area is 627 Å². The van der Waals surface area contributed by atoms with Crippen LogP contribution in [0.3, 0.4) is 0 Å². The van der Waals surface area contributed by atoms with Crippen LogP contribution >= 0.6 is 0 Å². The highest BCUT2D eigenvalue weighted by atomic mass is 16.4. The molecule has 12 aliphatic rings. The standard InChI is InChI=1S/C54H90N2O10.C24H40O5.C6H14N2O2/c1-29(35-12-14-37-48-39(27-44(61)53(35,37)5)51(3)20-18-33(57)23-31(51)25-42(48)59)10-16-46(63)55-22-8-7-9-41(50(65)66)56-47(64)17-11-30(2)36-13-15-38-49-40(28-45(62)54(36,38)6)52(4)21-19-34(58)24-32(52)26-43(49)60;1-13(4-7-21(28)29)16-5-6-17-22-18(12-20(27)24(16,17)3)23(2)9-8-15(25)10-14(23)11-19(22)26;7-4-2-1-3-5(8)6(9)10/h29-45,48-49,57-62H,7-28H2,1-6H3,(H,55,63)(H,56,64)(H,65,66);13-20,22,25-27H,4-12H2,1-3H3,(H,28,29);5H,1-4,7-8H2,(H,9,10)/t29-,30+,31?,32?,33?,34?,35?,36?,37?,38?,39?,40?,41?,42?,43?,44?,45?,48?,49?,51?,52?,53?,54?;13-,14?,15?,16?,17?,18?,19?,20?,22?,23?,24?;/m01./s1. The molecule has 0 aromatic rings. The Morgan fingerprint density at radius 1 is 0.410 bits per heavy atom. The van der Waals surface area contributed by atoms with E-state index in [4.69, 9.17) is 21.7 Å². The number of carbonyl (C=O) groups excluding carboxylic acids is 2. The maximum Gasteiger partial charge on any atom is 0.326 e. The van der Waals surface area contributed by atoms with Crippen LogP contribution < -0.4 is 22.1 Å². The van der Waals surface area contributed by atoms with Gasteiger partial charge in [0.1, 0.15) is 12.1 Å². The summed E-state index contributed by atoms with van der Waals surface area (Å²) in [6, 6.07) is -1.73. The molecule has 0 radical (unpaired) electrons. The smallest absolute Gasteiger partial charge is 0.326 e. The van der Waals surface area contributed by atoms with Crippen LogP contribution in [-0.2, 0) is 24.0 Å². The summed E-state index contributed by atoms with van der Waals surface area (Å²) in [6.45, 7) is 21.3. The van der Waals surface area contributed by atoms with Gasteiger partial charge in [-0.2, -0.15) is 0 Å². The van der Waals surface area contributed by atoms with Crippen LogP contribution in [0, 0.1) is 139 Å². The lowest BCUT2D eigenvalue weighted by molar-refractivity contribution is -0.207. The van der Waals surface area contributed by atoms with E-state index in [1.807, 2.05) is 0 Å². The quantitative estimate of drug-likeness (QED) is 0.0400. The summed E-state index contributed by atoms with van der Waals surface area (Å²) in [5, 5.41) is 134. The molecule has 0 aliphatic heterocycles. The van der Waals surface area contributed by atoms with Gasteiger partial charge < -0.3 is 83.4 Å². The van der Waals surface area contributed by atoms with E-state index in [9.17, 15) is 75.0 Å². The van der Waals surface area contributed by atoms with Crippen molar-refractivity contribution < 1.29 is 85.3 Å². The molecule has 0 heterocycles. The van der Waals surface area contributed by atoms with E-state index in [-0.39, 0.29) is 171 Å². The molecule has 0 aromatic carbocycles. The zero-order valence-corrected chi connectivity index (χ0v) is 65.6. The highest BCUT2D eigenvalue weighted by molar-refractivity contribution is 5.83. The molecule has 35 atom stereocenters. The summed E-state index contributed by atoms with van der Waals surface area (Å²) in [6.07, 6.45) is 20.7. The summed E-state index contributed by atoms with van der Waals surface area (Å²) in [4.78, 5) is 59.7. The van der Waals surface area contributed by atoms with Crippen molar-refractivity contribution >= 4 is 29.7 Å². The molecule has 12 fully saturated rings. The lowest BCUT2D eigenvalue weighted by atomic mass is 9.43. The van der Waals surface area contributed by atoms with Crippen molar-refractivity contribution in [1.29, 1.82) is 0 Å². The first-order valence-electron chi connectivity index (χ1n) is 42.2. The normalized spacial score (nSPS) is 46.4. The number of hydrogen-bond donors (Lipinski definition) is 16. The van der Waals surface area contributed by atoms with E-state index in [1.54, 1.807) is 0 Å². The highest BCUT2D eigenvalue weighted by Crippen LogP contribution is 2.72. The topological polar surface area (TPSA) is 404 Å². The van der Waals surface area contributed by atoms with Crippen molar-refractivity contribution in [2.24, 2.45) is 150 Å². The molecule has 0 bridgehead atoms. The van der Waals surface area contributed by atoms with E-state index < -0.39 is 60.5 Å². The monoisotopic (exact) mass is 1480 g/mol. The number of rotatable bonds is 24. The van der Waals surface area contributed by atoms with Gasteiger partial charge in [0.2, 0.25) is 11.8 Å². The summed E-state index contributed by atoms with van der Waals surface area (Å²) in [5.41, 5.74) is 9.65. The maximum atomic E-state index is 13.2. The number of fused-ring (bicyclic) bond motifs is 15. The van der Waals surface area contributed by atoms with Gasteiger partial charge >= 0.3 is 17.9 Å². The summed E-state index contributed by atoms with van der Waals surface area (Å²) in [7, 11) is 0. The number of carbonyl (C=O) groups is 5. The largest absolute Gasteiger partial charge is 0.481 e. The van der Waals surface area contributed by atoms with Gasteiger partial charge in [-0.15, -0.1) is 0 Å². The van der Waals surface area contributed by atoms with Crippen molar-refractivity contribution in [3.05, 3.63) is 0 Å². The van der Waals surface area contributed by atoms with Gasteiger partial charge in [-0.05, 0) is 332 Å². The van der Waals surface area contributed by atoms with Crippen LogP contribution in [0.15, 0.2) is 0 Å². The Morgan fingerprint density at radius 2 is 0.762 bits per heavy atom. The van der Waals surface area contributed by atoms with Crippen LogP contribution in [0.25, 0.3) is 0 Å². The Bertz CT molecular complexity index is 2950. The maximum absolute atomic E-state index is 13.2. The molecule has 18 N–H and O–H groups in total. The van der Waals surface area contributed by atoms with E-state index in [0.717, 1.165) is 128 Å². The van der Waals surface area contributed by atoms with Gasteiger partial charge in [0.05, 0.1) is 54.9 Å². The number of amides is 2. The third kappa shape index (κ3) is 16.6. The molecular weight excluding hydrogens is 1340 g/mol. The van der Waals surface area contributed by atoms with E-state index >= 15 is 0 Å². The zero-order chi connectivity index (χ0) is 76.8. The number of nitrogens with two attached hydrogens (primary N) is 2. The molecule has 32 unspecified atom stereocenters. The molecule has 0 spiro atoms. The van der Waals surface area contributed by atoms with Crippen LogP contribution in [-0.4, -0.2) is 171 Å². The van der Waals surface area contributed by atoms with Gasteiger partial charge in [-0.3, -0.25) is 19.2 Å². The Hall–Kier alpha value is -3.09. The Balaban J connectivity index is 0.000000247. The lowest BCUT2D eigenvalue weighted by Crippen LogP contribution is -2.62. The fourth-order valence-electron chi connectivity index (χ4n) is 28.0. The van der Waals surface area contributed by atoms with Gasteiger partial charge in [-0.1, -0.05) is 68.7 Å². The molecule has 0 saturated heterocycles. The van der Waals surface area contributed by atoms with Gasteiger partial charge in [-0.25, -0.2) is 4.79 Å². The Morgan fingerprint density at radius 3 is 1.10 bits per heavy atom. The average Bonchev–Trinajstić information content (AvgIpc) is 1.69. The van der Waals surface area contributed by atoms with Crippen LogP contribution in [0.2, 0.25) is 0 Å². The second-order valence-corrected chi connectivity index (χ2v) is 39.1. The number of aliphatic hydroxyl groups is 9. The number of aliphatic carboxylic acids is 3. The van der Waals surface area contributed by atoms with Crippen molar-refractivity contribution in [2.45, 2.75) is 341 Å². The number of hydrogen-bond acceptors (Lipinski definition) is 16. The predicted octanol–water partition coefficient (Wildman–Crippen LogP) is 9.57. The minimum Gasteiger partial charge on any atom is -0.481 e. The molecule has 602 valence electrons. The lowest BCUT2D eigenvalue weighted by Gasteiger charge is -2.63. The van der Waals surface area contributed by atoms with Gasteiger partial charge in [0.25, 0.3) is 0 Å². The molecule has 12 aliphatic carbocycles. The highest BCUT2D eigenvalue weighted by Gasteiger charge is 2.69. The first-order chi connectivity index (χ1) is 49.4. The third-order valence-corrected chi connectivity index (χ3v) is 34.2. The fourth-order valence-corrected chi connectivity index (χ4v) is 28.0. The minimum absolute atomic E-state index is 0.0136. The zero-order valence-electron chi connectivity index (χ0n) is 65.6. The number of unbranched alkanes of at least 4 members (excludes halogenated alkanes) is 2. The van der Waals surface area contributed by atoms with Gasteiger partial charge in [0.15, 0.2) is 0 Å². The van der Waals surface area contributed by atoms with Crippen molar-refractivity contribution in [3.8, 4) is 0 Å². The van der Waals surface area contributed by atoms with Crippen molar-refractivity contribution in [1.82, 2.24) is 10.6 Å². The van der Waals surface area contributed by atoms with Crippen molar-refractivity contribution in [3.63, 3.8) is 0 Å². The molecule has 12 rings (SSSR count). The van der Waals surface area contributed by atoms with E-state index in [2.05, 4.69) is 72.9 Å². The predicted molar refractivity (Wildman–Crippen MR) is 400 cm³/mol. The molecule has 105 heavy (non-hydrogen) atoms. The first kappa shape index (κ1) is 84.4. The SMILES string of the molecule is C[C@H](CCC(=O)NC(CCCCNC(=O)CC[C@H](C)C1CCC2C3C(O)CC4CC(O)CCC4(C)C3CC(O)C21C)C(=O)O)C1CCC2C3C(O)CC4CC(O)CCC4(C)C3CC(O)C21C.C[C@H](CCC(=O)O)C1CCC2C3C(O)CC4CC(O)CCC4(C)C3CC(O)C21C.NCCCCC(N)C(=O)O. The molecule has 21 heteroatoms. The van der Waals surface area contributed by atoms with E-state index in [1.165, 1.54) is 0 Å². The average molecular weight is 1480 g/mol. The number of carboxylic acid groups (broad SMARTS) is 3. The Kier molecular flexibility index (Phi) is 27.4. The summed E-state index contributed by atoms with van der Waals surface area (Å²) >= 11 is 0. The number of carboxylic acids is 3. The second kappa shape index (κ2) is 34.1. The van der Waals surface area contributed by atoms with Crippen LogP contribution in [0.1, 0.15) is 274 Å². The summed E-state index contributed by atoms with van der Waals surface area (Å²) in [5.74, 6) is 1.28.